The van der Waals surface area contributed by atoms with Gasteiger partial charge >= 0.3 is 6.18 Å². The number of aryl methyl sites for hydroxylation is 2. The maximum atomic E-state index is 12.9. The van der Waals surface area contributed by atoms with Gasteiger partial charge in [0.1, 0.15) is 5.82 Å². The van der Waals surface area contributed by atoms with Gasteiger partial charge in [-0.3, -0.25) is 4.79 Å². The molecule has 0 unspecified atom stereocenters. The molecular weight excluding hydrogens is 415 g/mol. The van der Waals surface area contributed by atoms with E-state index in [0.717, 1.165) is 23.4 Å². The van der Waals surface area contributed by atoms with Gasteiger partial charge in [0, 0.05) is 30.0 Å². The highest BCUT2D eigenvalue weighted by Crippen LogP contribution is 2.27. The van der Waals surface area contributed by atoms with E-state index in [9.17, 15) is 18.0 Å². The molecule has 164 valence electrons. The molecular formula is C19H20F3N7O2. The van der Waals surface area contributed by atoms with E-state index >= 15 is 0 Å². The number of halogens is 3. The number of nitrogens with zero attached hydrogens (tertiary/aromatic N) is 6. The van der Waals surface area contributed by atoms with Crippen LogP contribution in [0.2, 0.25) is 0 Å². The first kappa shape index (κ1) is 21.0. The molecule has 9 nitrogen and oxygen atoms in total. The molecule has 0 aliphatic carbocycles. The maximum Gasteiger partial charge on any atom is 0.453 e. The minimum Gasteiger partial charge on any atom is -0.378 e. The summed E-state index contributed by atoms with van der Waals surface area (Å²) in [6.07, 6.45) is -3.18. The van der Waals surface area contributed by atoms with Gasteiger partial charge in [-0.1, -0.05) is 0 Å². The van der Waals surface area contributed by atoms with Crippen LogP contribution in [0.25, 0.3) is 5.78 Å². The Morgan fingerprint density at radius 1 is 1.19 bits per heavy atom. The standard InChI is InChI=1S/C19H20F3N7O2/c1-11-14(12(2)29-18(24-11)26-17(27-29)19(20,21)22)9-16(30)25-13-3-4-15(23-10-13)28-5-7-31-8-6-28/h3-4,10H,5-9H2,1-2H3,(H,25,30). The molecule has 31 heavy (non-hydrogen) atoms. The number of hydrogen-bond donors (Lipinski definition) is 1. The first-order chi connectivity index (χ1) is 14.7. The number of carbonyl (C=O) groups excluding carboxylic acids is 1. The van der Waals surface area contributed by atoms with Crippen molar-refractivity contribution in [2.24, 2.45) is 0 Å². The third-order valence-corrected chi connectivity index (χ3v) is 5.01. The molecule has 0 aromatic carbocycles. The molecule has 3 aromatic rings. The molecule has 0 radical (unpaired) electrons. The smallest absolute Gasteiger partial charge is 0.378 e. The van der Waals surface area contributed by atoms with Crippen molar-refractivity contribution >= 4 is 23.2 Å². The molecule has 1 saturated heterocycles. The summed E-state index contributed by atoms with van der Waals surface area (Å²) in [4.78, 5) is 26.5. The Kier molecular flexibility index (Phi) is 5.48. The maximum absolute atomic E-state index is 12.9. The summed E-state index contributed by atoms with van der Waals surface area (Å²) in [5.74, 6) is -0.969. The molecule has 1 fully saturated rings. The number of rotatable bonds is 4. The minimum absolute atomic E-state index is 0.0764. The average molecular weight is 435 g/mol. The summed E-state index contributed by atoms with van der Waals surface area (Å²) in [5, 5.41) is 6.25. The van der Waals surface area contributed by atoms with Crippen molar-refractivity contribution in [3.63, 3.8) is 0 Å². The van der Waals surface area contributed by atoms with Crippen molar-refractivity contribution in [2.75, 3.05) is 36.5 Å². The molecule has 12 heteroatoms. The summed E-state index contributed by atoms with van der Waals surface area (Å²) in [5.41, 5.74) is 1.80. The Morgan fingerprint density at radius 2 is 1.94 bits per heavy atom. The lowest BCUT2D eigenvalue weighted by Crippen LogP contribution is -2.36. The average Bonchev–Trinajstić information content (AvgIpc) is 3.17. The second kappa shape index (κ2) is 8.10. The number of hydrogen-bond acceptors (Lipinski definition) is 7. The fourth-order valence-electron chi connectivity index (χ4n) is 3.39. The Hall–Kier alpha value is -3.28. The molecule has 0 atom stereocenters. The van der Waals surface area contributed by atoms with Crippen LogP contribution >= 0.6 is 0 Å². The second-order valence-electron chi connectivity index (χ2n) is 7.14. The predicted molar refractivity (Wildman–Crippen MR) is 105 cm³/mol. The Bertz CT molecular complexity index is 1110. The van der Waals surface area contributed by atoms with E-state index < -0.39 is 12.0 Å². The molecule has 0 spiro atoms. The number of alkyl halides is 3. The Morgan fingerprint density at radius 3 is 2.58 bits per heavy atom. The second-order valence-corrected chi connectivity index (χ2v) is 7.14. The van der Waals surface area contributed by atoms with Gasteiger partial charge in [0.2, 0.25) is 5.91 Å². The lowest BCUT2D eigenvalue weighted by molar-refractivity contribution is -0.144. The van der Waals surface area contributed by atoms with Gasteiger partial charge in [0.25, 0.3) is 11.6 Å². The van der Waals surface area contributed by atoms with Crippen LogP contribution in [0.3, 0.4) is 0 Å². The van der Waals surface area contributed by atoms with Gasteiger partial charge in [-0.05, 0) is 26.0 Å². The van der Waals surface area contributed by atoms with Crippen LogP contribution in [0.4, 0.5) is 24.7 Å². The van der Waals surface area contributed by atoms with Crippen LogP contribution in [-0.2, 0) is 22.1 Å². The SMILES string of the molecule is Cc1nc2nc(C(F)(F)F)nn2c(C)c1CC(=O)Nc1ccc(N2CCOCC2)nc1. The number of ether oxygens (including phenoxy) is 1. The van der Waals surface area contributed by atoms with Crippen LogP contribution in [0.5, 0.6) is 0 Å². The van der Waals surface area contributed by atoms with Gasteiger partial charge in [-0.2, -0.15) is 18.2 Å². The van der Waals surface area contributed by atoms with Crippen LogP contribution in [0, 0.1) is 13.8 Å². The summed E-state index contributed by atoms with van der Waals surface area (Å²) in [7, 11) is 0. The Balaban J connectivity index is 1.49. The highest BCUT2D eigenvalue weighted by Gasteiger charge is 2.37. The third kappa shape index (κ3) is 4.43. The number of carbonyl (C=O) groups is 1. The molecule has 0 saturated carbocycles. The lowest BCUT2D eigenvalue weighted by atomic mass is 10.1. The summed E-state index contributed by atoms with van der Waals surface area (Å²) >= 11 is 0. The van der Waals surface area contributed by atoms with E-state index in [-0.39, 0.29) is 18.1 Å². The highest BCUT2D eigenvalue weighted by atomic mass is 19.4. The van der Waals surface area contributed by atoms with E-state index in [1.165, 1.54) is 0 Å². The van der Waals surface area contributed by atoms with Gasteiger partial charge in [-0.15, -0.1) is 5.10 Å². The minimum atomic E-state index is -4.67. The van der Waals surface area contributed by atoms with Crippen LogP contribution in [0.15, 0.2) is 18.3 Å². The van der Waals surface area contributed by atoms with E-state index in [4.69, 9.17) is 4.74 Å². The van der Waals surface area contributed by atoms with Crippen LogP contribution in [-0.4, -0.2) is 56.8 Å². The number of amides is 1. The normalized spacial score (nSPS) is 14.8. The highest BCUT2D eigenvalue weighted by molar-refractivity contribution is 5.92. The van der Waals surface area contributed by atoms with Crippen molar-refractivity contribution in [1.82, 2.24) is 24.6 Å². The number of fused-ring (bicyclic) bond motifs is 1. The molecule has 1 amide bonds. The fraction of sp³-hybridized carbons (Fsp3) is 0.421. The van der Waals surface area contributed by atoms with Crippen molar-refractivity contribution in [2.45, 2.75) is 26.4 Å². The molecule has 1 aliphatic rings. The van der Waals surface area contributed by atoms with E-state index in [1.807, 2.05) is 6.07 Å². The third-order valence-electron chi connectivity index (χ3n) is 5.01. The molecule has 1 N–H and O–H groups in total. The lowest BCUT2D eigenvalue weighted by Gasteiger charge is -2.27. The number of morpholine rings is 1. The summed E-state index contributed by atoms with van der Waals surface area (Å²) in [6, 6.07) is 3.57. The number of aromatic nitrogens is 5. The van der Waals surface area contributed by atoms with Crippen molar-refractivity contribution < 1.29 is 22.7 Å². The van der Waals surface area contributed by atoms with E-state index in [0.29, 0.717) is 35.9 Å². The van der Waals surface area contributed by atoms with Crippen molar-refractivity contribution in [3.05, 3.63) is 41.1 Å². The quantitative estimate of drug-likeness (QED) is 0.671. The summed E-state index contributed by atoms with van der Waals surface area (Å²) in [6.45, 7) is 6.01. The van der Waals surface area contributed by atoms with E-state index in [2.05, 4.69) is 30.3 Å². The monoisotopic (exact) mass is 435 g/mol. The number of nitrogens with one attached hydrogen (secondary N) is 1. The first-order valence-corrected chi connectivity index (χ1v) is 9.61. The molecule has 0 bridgehead atoms. The van der Waals surface area contributed by atoms with E-state index in [1.54, 1.807) is 26.1 Å². The molecule has 4 heterocycles. The fourth-order valence-corrected chi connectivity index (χ4v) is 3.39. The van der Waals surface area contributed by atoms with Gasteiger partial charge in [0.05, 0.1) is 31.5 Å². The van der Waals surface area contributed by atoms with Crippen molar-refractivity contribution in [1.29, 1.82) is 0 Å². The van der Waals surface area contributed by atoms with Gasteiger partial charge < -0.3 is 15.0 Å². The number of pyridine rings is 1. The molecule has 1 aliphatic heterocycles. The number of anilines is 2. The first-order valence-electron chi connectivity index (χ1n) is 9.61. The zero-order chi connectivity index (χ0) is 22.2. The van der Waals surface area contributed by atoms with Gasteiger partial charge in [-0.25, -0.2) is 14.5 Å². The predicted octanol–water partition coefficient (Wildman–Crippen LogP) is 2.17. The zero-order valence-corrected chi connectivity index (χ0v) is 16.9. The van der Waals surface area contributed by atoms with Crippen molar-refractivity contribution in [3.8, 4) is 0 Å². The Labute approximate surface area is 175 Å². The zero-order valence-electron chi connectivity index (χ0n) is 16.9. The van der Waals surface area contributed by atoms with Crippen LogP contribution in [0.1, 0.15) is 22.8 Å². The topological polar surface area (TPSA) is 97.5 Å². The molecule has 3 aromatic heterocycles. The molecule has 4 rings (SSSR count). The summed E-state index contributed by atoms with van der Waals surface area (Å²) < 4.78 is 45.1. The van der Waals surface area contributed by atoms with Gasteiger partial charge in [0.15, 0.2) is 0 Å². The largest absolute Gasteiger partial charge is 0.453 e. The van der Waals surface area contributed by atoms with Crippen LogP contribution < -0.4 is 10.2 Å².